The number of fused-ring (bicyclic) bond motifs is 1. The maximum absolute atomic E-state index is 13.5. The predicted octanol–water partition coefficient (Wildman–Crippen LogP) is 5.20. The molecule has 0 bridgehead atoms. The molecule has 1 amide bonds. The minimum atomic E-state index is -0.296. The van der Waals surface area contributed by atoms with Gasteiger partial charge in [-0.05, 0) is 60.7 Å². The van der Waals surface area contributed by atoms with Crippen LogP contribution in [-0.2, 0) is 6.42 Å². The van der Waals surface area contributed by atoms with Gasteiger partial charge in [-0.3, -0.25) is 9.89 Å². The summed E-state index contributed by atoms with van der Waals surface area (Å²) in [7, 11) is 1.65. The van der Waals surface area contributed by atoms with Crippen LogP contribution in [0.2, 0.25) is 0 Å². The van der Waals surface area contributed by atoms with Gasteiger partial charge in [0.1, 0.15) is 22.9 Å². The first-order valence-electron chi connectivity index (χ1n) is 11.4. The number of hydrogen-bond donors (Lipinski definition) is 2. The predicted molar refractivity (Wildman–Crippen MR) is 131 cm³/mol. The first-order chi connectivity index (χ1) is 16.5. The molecule has 0 saturated carbocycles. The zero-order valence-electron chi connectivity index (χ0n) is 19.5. The van der Waals surface area contributed by atoms with Crippen LogP contribution in [0.4, 0.5) is 0 Å². The fraction of sp³-hybridized carbons (Fsp3) is 0.214. The second-order valence-electron chi connectivity index (χ2n) is 8.75. The van der Waals surface area contributed by atoms with Crippen molar-refractivity contribution in [2.45, 2.75) is 26.3 Å². The number of methoxy groups -OCH3 is 1. The number of phenolic OH excluding ortho intramolecular Hbond substituents is 1. The third-order valence-electron chi connectivity index (χ3n) is 6.48. The van der Waals surface area contributed by atoms with Gasteiger partial charge >= 0.3 is 0 Å². The summed E-state index contributed by atoms with van der Waals surface area (Å²) < 4.78 is 5.26. The van der Waals surface area contributed by atoms with Crippen LogP contribution in [0, 0.1) is 13.8 Å². The molecule has 1 aliphatic heterocycles. The second-order valence-corrected chi connectivity index (χ2v) is 8.75. The SMILES string of the molecule is COc1ccc(CCN2C(=O)c3[nH]nc(-c4c(C)cc(C)cc4O)c3C2c2ccccc2)cc1. The summed E-state index contributed by atoms with van der Waals surface area (Å²) >= 11 is 0. The molecular weight excluding hydrogens is 426 g/mol. The molecule has 0 aliphatic carbocycles. The first-order valence-corrected chi connectivity index (χ1v) is 11.4. The molecule has 172 valence electrons. The molecule has 1 aromatic heterocycles. The summed E-state index contributed by atoms with van der Waals surface area (Å²) in [5.74, 6) is 0.894. The van der Waals surface area contributed by atoms with Gasteiger partial charge in [0.2, 0.25) is 0 Å². The average molecular weight is 454 g/mol. The van der Waals surface area contributed by atoms with Crippen molar-refractivity contribution in [2.24, 2.45) is 0 Å². The molecule has 1 aliphatic rings. The van der Waals surface area contributed by atoms with Crippen LogP contribution in [0.25, 0.3) is 11.3 Å². The van der Waals surface area contributed by atoms with E-state index in [-0.39, 0.29) is 17.7 Å². The van der Waals surface area contributed by atoms with Crippen LogP contribution in [0.3, 0.4) is 0 Å². The highest BCUT2D eigenvalue weighted by Gasteiger charge is 2.42. The van der Waals surface area contributed by atoms with E-state index in [9.17, 15) is 9.90 Å². The monoisotopic (exact) mass is 453 g/mol. The van der Waals surface area contributed by atoms with Crippen molar-refractivity contribution in [1.82, 2.24) is 15.1 Å². The van der Waals surface area contributed by atoms with Crippen molar-refractivity contribution >= 4 is 5.91 Å². The maximum Gasteiger partial charge on any atom is 0.273 e. The Morgan fingerprint density at radius 3 is 2.47 bits per heavy atom. The minimum absolute atomic E-state index is 0.0830. The molecule has 2 heterocycles. The third-order valence-corrected chi connectivity index (χ3v) is 6.48. The largest absolute Gasteiger partial charge is 0.507 e. The van der Waals surface area contributed by atoms with Crippen LogP contribution in [0.5, 0.6) is 11.5 Å². The topological polar surface area (TPSA) is 78.5 Å². The number of nitrogens with one attached hydrogen (secondary N) is 1. The fourth-order valence-corrected chi connectivity index (χ4v) is 4.89. The van der Waals surface area contributed by atoms with Gasteiger partial charge in [0.05, 0.1) is 13.2 Å². The van der Waals surface area contributed by atoms with Gasteiger partial charge in [-0.2, -0.15) is 5.10 Å². The van der Waals surface area contributed by atoms with E-state index in [1.165, 1.54) is 0 Å². The molecule has 34 heavy (non-hydrogen) atoms. The Labute approximate surface area is 198 Å². The number of ether oxygens (including phenoxy) is 1. The van der Waals surface area contributed by atoms with Crippen molar-refractivity contribution in [3.05, 3.63) is 100 Å². The van der Waals surface area contributed by atoms with Gasteiger partial charge in [-0.15, -0.1) is 0 Å². The van der Waals surface area contributed by atoms with E-state index in [2.05, 4.69) is 10.2 Å². The number of H-pyrrole nitrogens is 1. The number of rotatable bonds is 6. The highest BCUT2D eigenvalue weighted by Crippen LogP contribution is 2.45. The smallest absolute Gasteiger partial charge is 0.273 e. The Balaban J connectivity index is 1.56. The summed E-state index contributed by atoms with van der Waals surface area (Å²) in [5, 5.41) is 18.3. The van der Waals surface area contributed by atoms with E-state index in [4.69, 9.17) is 4.74 Å². The third kappa shape index (κ3) is 3.71. The normalized spacial score (nSPS) is 15.0. The summed E-state index contributed by atoms with van der Waals surface area (Å²) in [6.07, 6.45) is 0.709. The summed E-state index contributed by atoms with van der Waals surface area (Å²) in [5.41, 5.74) is 6.61. The number of aryl methyl sites for hydroxylation is 2. The number of benzene rings is 3. The Kier molecular flexibility index (Phi) is 5.57. The molecule has 3 aromatic carbocycles. The Morgan fingerprint density at radius 2 is 1.79 bits per heavy atom. The fourth-order valence-electron chi connectivity index (χ4n) is 4.89. The molecule has 5 rings (SSSR count). The molecule has 0 radical (unpaired) electrons. The van der Waals surface area contributed by atoms with Crippen LogP contribution in [0.1, 0.15) is 44.3 Å². The van der Waals surface area contributed by atoms with Crippen molar-refractivity contribution in [3.63, 3.8) is 0 Å². The standard InChI is InChI=1S/C28H27N3O3/c1-17-15-18(2)23(22(32)16-17)25-24-26(30-29-25)28(33)31(27(24)20-7-5-4-6-8-20)14-13-19-9-11-21(34-3)12-10-19/h4-12,15-16,27,32H,13-14H2,1-3H3,(H,29,30). The zero-order chi connectivity index (χ0) is 23.8. The maximum atomic E-state index is 13.5. The minimum Gasteiger partial charge on any atom is -0.507 e. The van der Waals surface area contributed by atoms with Gasteiger partial charge in [0.25, 0.3) is 5.91 Å². The molecule has 6 nitrogen and oxygen atoms in total. The van der Waals surface area contributed by atoms with E-state index in [0.717, 1.165) is 33.6 Å². The Morgan fingerprint density at radius 1 is 1.06 bits per heavy atom. The number of amides is 1. The number of aromatic nitrogens is 2. The number of aromatic hydroxyl groups is 1. The molecule has 1 unspecified atom stereocenters. The van der Waals surface area contributed by atoms with Crippen molar-refractivity contribution in [1.29, 1.82) is 0 Å². The molecular formula is C28H27N3O3. The number of nitrogens with zero attached hydrogens (tertiary/aromatic N) is 2. The van der Waals surface area contributed by atoms with Gasteiger partial charge in [0, 0.05) is 17.7 Å². The number of hydrogen-bond acceptors (Lipinski definition) is 4. The van der Waals surface area contributed by atoms with Crippen LogP contribution in [0.15, 0.2) is 66.7 Å². The first kappa shape index (κ1) is 21.8. The lowest BCUT2D eigenvalue weighted by Gasteiger charge is -2.26. The van der Waals surface area contributed by atoms with Gasteiger partial charge < -0.3 is 14.7 Å². The average Bonchev–Trinajstić information content (AvgIpc) is 3.37. The summed E-state index contributed by atoms with van der Waals surface area (Å²) in [4.78, 5) is 15.4. The summed E-state index contributed by atoms with van der Waals surface area (Å²) in [6.45, 7) is 4.45. The quantitative estimate of drug-likeness (QED) is 0.421. The second kappa shape index (κ2) is 8.71. The highest BCUT2D eigenvalue weighted by atomic mass is 16.5. The molecule has 1 atom stereocenters. The highest BCUT2D eigenvalue weighted by molar-refractivity contribution is 6.00. The Bertz CT molecular complexity index is 1320. The number of phenols is 1. The van der Waals surface area contributed by atoms with E-state index < -0.39 is 0 Å². The van der Waals surface area contributed by atoms with Crippen molar-refractivity contribution in [2.75, 3.05) is 13.7 Å². The van der Waals surface area contributed by atoms with Crippen LogP contribution >= 0.6 is 0 Å². The zero-order valence-corrected chi connectivity index (χ0v) is 19.5. The van der Waals surface area contributed by atoms with Crippen LogP contribution < -0.4 is 4.74 Å². The van der Waals surface area contributed by atoms with Crippen LogP contribution in [-0.4, -0.2) is 39.8 Å². The molecule has 0 fully saturated rings. The van der Waals surface area contributed by atoms with Crippen molar-refractivity contribution in [3.8, 4) is 22.8 Å². The summed E-state index contributed by atoms with van der Waals surface area (Å²) in [6, 6.07) is 21.4. The molecule has 0 saturated heterocycles. The van der Waals surface area contributed by atoms with Crippen molar-refractivity contribution < 1.29 is 14.6 Å². The van der Waals surface area contributed by atoms with Gasteiger partial charge in [-0.1, -0.05) is 48.5 Å². The van der Waals surface area contributed by atoms with E-state index in [1.54, 1.807) is 13.2 Å². The van der Waals surface area contributed by atoms with Gasteiger partial charge in [-0.25, -0.2) is 0 Å². The number of carbonyl (C=O) groups is 1. The molecule has 2 N–H and O–H groups in total. The number of carbonyl (C=O) groups excluding carboxylic acids is 1. The molecule has 4 aromatic rings. The lowest BCUT2D eigenvalue weighted by molar-refractivity contribution is 0.0746. The number of aromatic amines is 1. The molecule has 6 heteroatoms. The van der Waals surface area contributed by atoms with E-state index in [1.807, 2.05) is 79.4 Å². The van der Waals surface area contributed by atoms with Gasteiger partial charge in [0.15, 0.2) is 0 Å². The van der Waals surface area contributed by atoms with E-state index in [0.29, 0.717) is 29.9 Å². The lowest BCUT2D eigenvalue weighted by Crippen LogP contribution is -2.31. The Hall–Kier alpha value is -4.06. The lowest BCUT2D eigenvalue weighted by atomic mass is 9.93. The molecule has 0 spiro atoms. The van der Waals surface area contributed by atoms with E-state index >= 15 is 0 Å².